The van der Waals surface area contributed by atoms with Gasteiger partial charge in [0.2, 0.25) is 5.91 Å². The number of nitrogens with zero attached hydrogens (tertiary/aromatic N) is 3. The third kappa shape index (κ3) is 3.44. The Morgan fingerprint density at radius 3 is 2.38 bits per heavy atom. The minimum atomic E-state index is -0.244. The van der Waals surface area contributed by atoms with E-state index in [9.17, 15) is 4.79 Å². The number of hydrogen-bond donors (Lipinski definition) is 1. The minimum absolute atomic E-state index is 0.0296. The molecule has 0 bridgehead atoms. The van der Waals surface area contributed by atoms with Gasteiger partial charge in [-0.3, -0.25) is 4.79 Å². The molecule has 0 aliphatic rings. The van der Waals surface area contributed by atoms with Crippen molar-refractivity contribution in [1.29, 1.82) is 0 Å². The molecule has 6 heteroatoms. The van der Waals surface area contributed by atoms with Gasteiger partial charge in [-0.1, -0.05) is 30.0 Å². The summed E-state index contributed by atoms with van der Waals surface area (Å²) in [5, 5.41) is 11.6. The number of para-hydroxylation sites is 1. The van der Waals surface area contributed by atoms with Gasteiger partial charge >= 0.3 is 0 Å². The molecule has 1 aromatic heterocycles. The lowest BCUT2D eigenvalue weighted by molar-refractivity contribution is -0.115. The summed E-state index contributed by atoms with van der Waals surface area (Å²) >= 11 is 1.41. The summed E-state index contributed by atoms with van der Waals surface area (Å²) in [6, 6.07) is 5.97. The van der Waals surface area contributed by atoms with Crippen LogP contribution < -0.4 is 5.32 Å². The highest BCUT2D eigenvalue weighted by Gasteiger charge is 2.19. The number of anilines is 1. The molecule has 1 aromatic carbocycles. The van der Waals surface area contributed by atoms with Gasteiger partial charge < -0.3 is 9.88 Å². The lowest BCUT2D eigenvalue weighted by atomic mass is 10.1. The maximum atomic E-state index is 12.3. The number of amides is 1. The summed E-state index contributed by atoms with van der Waals surface area (Å²) in [5.74, 6) is 0.804. The molecule has 0 radical (unpaired) electrons. The first-order valence-electron chi connectivity index (χ1n) is 6.80. The van der Waals surface area contributed by atoms with E-state index in [1.807, 2.05) is 57.5 Å². The van der Waals surface area contributed by atoms with Gasteiger partial charge in [0.15, 0.2) is 5.16 Å². The number of thioether (sulfide) groups is 1. The molecular formula is C15H20N4OS. The van der Waals surface area contributed by atoms with E-state index in [0.29, 0.717) is 0 Å². The van der Waals surface area contributed by atoms with Crippen LogP contribution in [0.5, 0.6) is 0 Å². The Morgan fingerprint density at radius 2 is 1.86 bits per heavy atom. The van der Waals surface area contributed by atoms with Crippen molar-refractivity contribution in [1.82, 2.24) is 14.8 Å². The first-order valence-corrected chi connectivity index (χ1v) is 7.68. The zero-order valence-electron chi connectivity index (χ0n) is 13.0. The fourth-order valence-corrected chi connectivity index (χ4v) is 2.80. The van der Waals surface area contributed by atoms with Crippen molar-refractivity contribution in [2.75, 3.05) is 5.32 Å². The second-order valence-electron chi connectivity index (χ2n) is 5.10. The van der Waals surface area contributed by atoms with Crippen LogP contribution in [0.4, 0.5) is 5.69 Å². The highest BCUT2D eigenvalue weighted by Crippen LogP contribution is 2.24. The normalized spacial score (nSPS) is 12.2. The summed E-state index contributed by atoms with van der Waals surface area (Å²) in [6.45, 7) is 7.75. The van der Waals surface area contributed by atoms with Gasteiger partial charge in [0.05, 0.1) is 5.25 Å². The van der Waals surface area contributed by atoms with Crippen LogP contribution in [-0.2, 0) is 11.8 Å². The average molecular weight is 304 g/mol. The summed E-state index contributed by atoms with van der Waals surface area (Å²) in [7, 11) is 1.90. The van der Waals surface area contributed by atoms with E-state index in [-0.39, 0.29) is 11.2 Å². The molecule has 2 rings (SSSR count). The number of carbonyl (C=O) groups excluding carboxylic acids is 1. The van der Waals surface area contributed by atoms with E-state index in [1.165, 1.54) is 11.8 Å². The molecule has 1 heterocycles. The van der Waals surface area contributed by atoms with E-state index in [1.54, 1.807) is 0 Å². The van der Waals surface area contributed by atoms with Crippen LogP contribution in [0.25, 0.3) is 0 Å². The van der Waals surface area contributed by atoms with Crippen LogP contribution in [0.3, 0.4) is 0 Å². The fraction of sp³-hybridized carbons (Fsp3) is 0.400. The molecule has 21 heavy (non-hydrogen) atoms. The number of carbonyl (C=O) groups is 1. The third-order valence-electron chi connectivity index (χ3n) is 3.43. The Bertz CT molecular complexity index is 645. The van der Waals surface area contributed by atoms with Gasteiger partial charge in [0, 0.05) is 12.7 Å². The molecule has 0 saturated carbocycles. The molecule has 1 atom stereocenters. The van der Waals surface area contributed by atoms with Crippen LogP contribution in [0.2, 0.25) is 0 Å². The molecule has 1 N–H and O–H groups in total. The van der Waals surface area contributed by atoms with Gasteiger partial charge in [-0.15, -0.1) is 10.2 Å². The van der Waals surface area contributed by atoms with Gasteiger partial charge in [-0.25, -0.2) is 0 Å². The number of rotatable bonds is 4. The first-order chi connectivity index (χ1) is 9.90. The van der Waals surface area contributed by atoms with Gasteiger partial charge in [0.1, 0.15) is 5.82 Å². The van der Waals surface area contributed by atoms with Crippen molar-refractivity contribution in [3.8, 4) is 0 Å². The summed E-state index contributed by atoms with van der Waals surface area (Å²) in [5.41, 5.74) is 3.02. The predicted molar refractivity (Wildman–Crippen MR) is 85.6 cm³/mol. The summed E-state index contributed by atoms with van der Waals surface area (Å²) in [4.78, 5) is 12.3. The smallest absolute Gasteiger partial charge is 0.237 e. The van der Waals surface area contributed by atoms with E-state index >= 15 is 0 Å². The van der Waals surface area contributed by atoms with E-state index in [2.05, 4.69) is 15.5 Å². The molecule has 0 aliphatic carbocycles. The van der Waals surface area contributed by atoms with Crippen LogP contribution in [0.15, 0.2) is 23.4 Å². The fourth-order valence-electron chi connectivity index (χ4n) is 1.94. The lowest BCUT2D eigenvalue weighted by Crippen LogP contribution is -2.23. The first kappa shape index (κ1) is 15.6. The molecule has 0 spiro atoms. The third-order valence-corrected chi connectivity index (χ3v) is 4.57. The monoisotopic (exact) mass is 304 g/mol. The minimum Gasteiger partial charge on any atom is -0.325 e. The largest absolute Gasteiger partial charge is 0.325 e. The standard InChI is InChI=1S/C15H20N4OS/c1-9-7-6-8-10(2)13(9)16-14(20)11(3)21-15-18-17-12(4)19(15)5/h6-8,11H,1-5H3,(H,16,20)/t11-/m0/s1. The van der Waals surface area contributed by atoms with Crippen molar-refractivity contribution in [2.24, 2.45) is 7.05 Å². The molecule has 0 saturated heterocycles. The van der Waals surface area contributed by atoms with Crippen LogP contribution in [0.1, 0.15) is 23.9 Å². The highest BCUT2D eigenvalue weighted by molar-refractivity contribution is 8.00. The average Bonchev–Trinajstić information content (AvgIpc) is 2.75. The predicted octanol–water partition coefficient (Wildman–Crippen LogP) is 2.86. The highest BCUT2D eigenvalue weighted by atomic mass is 32.2. The Hall–Kier alpha value is -1.82. The van der Waals surface area contributed by atoms with Gasteiger partial charge in [-0.2, -0.15) is 0 Å². The van der Waals surface area contributed by atoms with E-state index in [0.717, 1.165) is 27.8 Å². The van der Waals surface area contributed by atoms with Crippen molar-refractivity contribution >= 4 is 23.4 Å². The molecule has 0 unspecified atom stereocenters. The van der Waals surface area contributed by atoms with Crippen LogP contribution in [-0.4, -0.2) is 25.9 Å². The topological polar surface area (TPSA) is 59.8 Å². The molecular weight excluding hydrogens is 284 g/mol. The van der Waals surface area contributed by atoms with Crippen LogP contribution >= 0.6 is 11.8 Å². The molecule has 1 amide bonds. The Balaban J connectivity index is 2.08. The molecule has 0 fully saturated rings. The summed E-state index contributed by atoms with van der Waals surface area (Å²) in [6.07, 6.45) is 0. The molecule has 0 aliphatic heterocycles. The number of benzene rings is 1. The number of aryl methyl sites for hydroxylation is 3. The zero-order valence-corrected chi connectivity index (χ0v) is 13.8. The van der Waals surface area contributed by atoms with Gasteiger partial charge in [-0.05, 0) is 38.8 Å². The SMILES string of the molecule is Cc1cccc(C)c1NC(=O)[C@H](C)Sc1nnc(C)n1C. The molecule has 112 valence electrons. The van der Waals surface area contributed by atoms with Crippen LogP contribution in [0, 0.1) is 20.8 Å². The van der Waals surface area contributed by atoms with E-state index < -0.39 is 0 Å². The van der Waals surface area contributed by atoms with Gasteiger partial charge in [0.25, 0.3) is 0 Å². The second-order valence-corrected chi connectivity index (χ2v) is 6.41. The van der Waals surface area contributed by atoms with Crippen molar-refractivity contribution in [3.63, 3.8) is 0 Å². The number of hydrogen-bond acceptors (Lipinski definition) is 4. The Kier molecular flexibility index (Phi) is 4.67. The Labute approximate surface area is 129 Å². The molecule has 2 aromatic rings. The number of nitrogens with one attached hydrogen (secondary N) is 1. The maximum Gasteiger partial charge on any atom is 0.237 e. The Morgan fingerprint density at radius 1 is 1.24 bits per heavy atom. The maximum absolute atomic E-state index is 12.3. The van der Waals surface area contributed by atoms with E-state index in [4.69, 9.17) is 0 Å². The quantitative estimate of drug-likeness (QED) is 0.882. The second kappa shape index (κ2) is 6.30. The molecule has 5 nitrogen and oxygen atoms in total. The van der Waals surface area contributed by atoms with Crippen molar-refractivity contribution in [2.45, 2.75) is 38.1 Å². The number of aromatic nitrogens is 3. The van der Waals surface area contributed by atoms with Crippen molar-refractivity contribution < 1.29 is 4.79 Å². The lowest BCUT2D eigenvalue weighted by Gasteiger charge is -2.15. The van der Waals surface area contributed by atoms with Crippen molar-refractivity contribution in [3.05, 3.63) is 35.2 Å². The summed E-state index contributed by atoms with van der Waals surface area (Å²) < 4.78 is 1.88. The zero-order chi connectivity index (χ0) is 15.6.